The molecule has 1 aromatic rings. The maximum atomic E-state index is 12.6. The van der Waals surface area contributed by atoms with Gasteiger partial charge in [-0.25, -0.2) is 4.79 Å². The fourth-order valence-electron chi connectivity index (χ4n) is 2.24. The summed E-state index contributed by atoms with van der Waals surface area (Å²) in [5, 5.41) is 33.0. The molecule has 4 amide bonds. The van der Waals surface area contributed by atoms with E-state index < -0.39 is 35.4 Å². The number of rotatable bonds is 7. The number of amides is 4. The Hall–Kier alpha value is -2.11. The van der Waals surface area contributed by atoms with Gasteiger partial charge >= 0.3 is 6.03 Å². The van der Waals surface area contributed by atoms with E-state index in [1.807, 2.05) is 13.8 Å². The van der Waals surface area contributed by atoms with Crippen molar-refractivity contribution < 1.29 is 24.7 Å². The van der Waals surface area contributed by atoms with Crippen molar-refractivity contribution in [2.24, 2.45) is 11.3 Å². The summed E-state index contributed by atoms with van der Waals surface area (Å²) < 4.78 is 0. The van der Waals surface area contributed by atoms with Crippen LogP contribution in [-0.4, -0.2) is 55.6 Å². The molecular weight excluding hydrogens is 386 g/mol. The van der Waals surface area contributed by atoms with Crippen molar-refractivity contribution in [2.45, 2.75) is 66.5 Å². The van der Waals surface area contributed by atoms with E-state index in [2.05, 4.69) is 20.8 Å². The first-order valence-electron chi connectivity index (χ1n) is 8.95. The zero-order chi connectivity index (χ0) is 21.6. The number of anilines is 1. The molecular formula is C17H29N5O5S. The summed E-state index contributed by atoms with van der Waals surface area (Å²) in [4.78, 5) is 36.9. The van der Waals surface area contributed by atoms with Crippen LogP contribution in [0, 0.1) is 18.3 Å². The number of nitrogens with zero attached hydrogens (tertiary/aromatic N) is 3. The van der Waals surface area contributed by atoms with Gasteiger partial charge in [0.25, 0.3) is 5.91 Å². The van der Waals surface area contributed by atoms with Crippen LogP contribution in [0.25, 0.3) is 0 Å². The van der Waals surface area contributed by atoms with Gasteiger partial charge in [-0.1, -0.05) is 46.0 Å². The SMILES string of the molecule is Cc1nnc(NC(=O)C(NC(=O)N(O)C(=O)[C@@H](O)CCC(C)C)C(C)(C)C)s1. The smallest absolute Gasteiger partial charge is 0.349 e. The summed E-state index contributed by atoms with van der Waals surface area (Å²) in [6.45, 7) is 10.7. The minimum Gasteiger partial charge on any atom is -0.383 e. The molecule has 0 aromatic carbocycles. The van der Waals surface area contributed by atoms with Gasteiger partial charge in [-0.3, -0.25) is 20.1 Å². The van der Waals surface area contributed by atoms with E-state index in [0.29, 0.717) is 11.4 Å². The Morgan fingerprint density at radius 3 is 2.25 bits per heavy atom. The van der Waals surface area contributed by atoms with Gasteiger partial charge < -0.3 is 10.4 Å². The second-order valence-corrected chi connectivity index (χ2v) is 9.18. The summed E-state index contributed by atoms with van der Waals surface area (Å²) in [7, 11) is 0. The molecule has 1 heterocycles. The van der Waals surface area contributed by atoms with Gasteiger partial charge in [-0.2, -0.15) is 0 Å². The molecule has 1 aromatic heterocycles. The largest absolute Gasteiger partial charge is 0.383 e. The van der Waals surface area contributed by atoms with Gasteiger partial charge in [0, 0.05) is 0 Å². The lowest BCUT2D eigenvalue weighted by Crippen LogP contribution is -2.56. The highest BCUT2D eigenvalue weighted by molar-refractivity contribution is 7.15. The highest BCUT2D eigenvalue weighted by Gasteiger charge is 2.36. The number of imide groups is 1. The lowest BCUT2D eigenvalue weighted by molar-refractivity contribution is -0.163. The van der Waals surface area contributed by atoms with Crippen molar-refractivity contribution in [3.05, 3.63) is 5.01 Å². The van der Waals surface area contributed by atoms with E-state index in [9.17, 15) is 24.7 Å². The lowest BCUT2D eigenvalue weighted by Gasteiger charge is -2.31. The van der Waals surface area contributed by atoms with Gasteiger partial charge in [0.05, 0.1) is 0 Å². The average Bonchev–Trinajstić information content (AvgIpc) is 2.99. The Balaban J connectivity index is 2.80. The molecule has 0 aliphatic heterocycles. The molecule has 0 bridgehead atoms. The van der Waals surface area contributed by atoms with Crippen LogP contribution in [0.3, 0.4) is 0 Å². The highest BCUT2D eigenvalue weighted by atomic mass is 32.1. The Kier molecular flexibility index (Phi) is 8.46. The van der Waals surface area contributed by atoms with E-state index in [1.54, 1.807) is 27.7 Å². The lowest BCUT2D eigenvalue weighted by atomic mass is 9.86. The highest BCUT2D eigenvalue weighted by Crippen LogP contribution is 2.22. The fourth-order valence-corrected chi connectivity index (χ4v) is 2.84. The van der Waals surface area contributed by atoms with E-state index in [-0.39, 0.29) is 22.5 Å². The minimum atomic E-state index is -1.51. The number of nitrogens with one attached hydrogen (secondary N) is 2. The zero-order valence-electron chi connectivity index (χ0n) is 17.0. The molecule has 158 valence electrons. The van der Waals surface area contributed by atoms with E-state index in [4.69, 9.17) is 0 Å². The Bertz CT molecular complexity index is 700. The number of urea groups is 1. The Morgan fingerprint density at radius 1 is 1.18 bits per heavy atom. The topological polar surface area (TPSA) is 145 Å². The Labute approximate surface area is 168 Å². The molecule has 11 heteroatoms. The van der Waals surface area contributed by atoms with Crippen molar-refractivity contribution in [1.29, 1.82) is 0 Å². The van der Waals surface area contributed by atoms with Crippen molar-refractivity contribution >= 4 is 34.3 Å². The normalized spacial score (nSPS) is 13.8. The van der Waals surface area contributed by atoms with Crippen LogP contribution in [0.2, 0.25) is 0 Å². The van der Waals surface area contributed by atoms with Gasteiger partial charge in [0.15, 0.2) is 0 Å². The monoisotopic (exact) mass is 415 g/mol. The molecule has 0 aliphatic rings. The second-order valence-electron chi connectivity index (χ2n) is 8.00. The molecule has 0 spiro atoms. The van der Waals surface area contributed by atoms with Crippen LogP contribution in [-0.2, 0) is 9.59 Å². The van der Waals surface area contributed by atoms with Gasteiger partial charge in [-0.15, -0.1) is 15.3 Å². The third-order valence-electron chi connectivity index (χ3n) is 3.86. The van der Waals surface area contributed by atoms with Gasteiger partial charge in [0.1, 0.15) is 17.2 Å². The number of carbonyl (C=O) groups excluding carboxylic acids is 3. The van der Waals surface area contributed by atoms with Crippen LogP contribution in [0.15, 0.2) is 0 Å². The number of aliphatic hydroxyl groups excluding tert-OH is 1. The summed E-state index contributed by atoms with van der Waals surface area (Å²) in [6.07, 6.45) is -0.846. The van der Waals surface area contributed by atoms with Crippen LogP contribution in [0.4, 0.5) is 9.93 Å². The van der Waals surface area contributed by atoms with Crippen LogP contribution in [0.1, 0.15) is 52.5 Å². The number of aryl methyl sites for hydroxylation is 1. The standard InChI is InChI=1S/C17H29N5O5S/c1-9(2)7-8-11(23)14(25)22(27)16(26)18-12(17(4,5)6)13(24)19-15-21-20-10(3)28-15/h9,11-12,23,27H,7-8H2,1-6H3,(H,18,26)(H,19,21,24)/t11-,12?/m0/s1. The molecule has 1 unspecified atom stereocenters. The summed E-state index contributed by atoms with van der Waals surface area (Å²) >= 11 is 1.17. The number of hydrogen-bond donors (Lipinski definition) is 4. The fraction of sp³-hybridized carbons (Fsp3) is 0.706. The average molecular weight is 416 g/mol. The first kappa shape index (κ1) is 23.9. The first-order chi connectivity index (χ1) is 12.8. The molecule has 0 aliphatic carbocycles. The molecule has 0 radical (unpaired) electrons. The number of aromatic nitrogens is 2. The first-order valence-corrected chi connectivity index (χ1v) is 9.77. The van der Waals surface area contributed by atoms with Crippen molar-refractivity contribution in [1.82, 2.24) is 20.6 Å². The zero-order valence-corrected chi connectivity index (χ0v) is 17.8. The summed E-state index contributed by atoms with van der Waals surface area (Å²) in [5.41, 5.74) is -0.736. The number of aliphatic hydroxyl groups is 1. The molecule has 0 fully saturated rings. The maximum Gasteiger partial charge on any atom is 0.349 e. The maximum absolute atomic E-state index is 12.6. The molecule has 0 saturated heterocycles. The predicted molar refractivity (Wildman–Crippen MR) is 104 cm³/mol. The summed E-state index contributed by atoms with van der Waals surface area (Å²) in [6, 6.07) is -2.28. The third-order valence-corrected chi connectivity index (χ3v) is 4.61. The molecule has 4 N–H and O–H groups in total. The van der Waals surface area contributed by atoms with Crippen LogP contribution >= 0.6 is 11.3 Å². The number of carbonyl (C=O) groups is 3. The second kappa shape index (κ2) is 9.89. The Morgan fingerprint density at radius 2 is 1.79 bits per heavy atom. The molecule has 28 heavy (non-hydrogen) atoms. The van der Waals surface area contributed by atoms with E-state index in [1.165, 1.54) is 11.3 Å². The van der Waals surface area contributed by atoms with Crippen molar-refractivity contribution in [3.8, 4) is 0 Å². The predicted octanol–water partition coefficient (Wildman–Crippen LogP) is 1.92. The van der Waals surface area contributed by atoms with E-state index >= 15 is 0 Å². The van der Waals surface area contributed by atoms with Crippen LogP contribution in [0.5, 0.6) is 0 Å². The third kappa shape index (κ3) is 7.13. The van der Waals surface area contributed by atoms with Gasteiger partial charge in [0.2, 0.25) is 11.0 Å². The van der Waals surface area contributed by atoms with Gasteiger partial charge in [-0.05, 0) is 31.1 Å². The minimum absolute atomic E-state index is 0.112. The molecule has 0 saturated carbocycles. The van der Waals surface area contributed by atoms with Crippen molar-refractivity contribution in [3.63, 3.8) is 0 Å². The van der Waals surface area contributed by atoms with Crippen molar-refractivity contribution in [2.75, 3.05) is 5.32 Å². The quantitative estimate of drug-likeness (QED) is 0.393. The van der Waals surface area contributed by atoms with Crippen LogP contribution < -0.4 is 10.6 Å². The number of hydrogen-bond acceptors (Lipinski definition) is 8. The molecule has 1 rings (SSSR count). The summed E-state index contributed by atoms with van der Waals surface area (Å²) in [5.74, 6) is -1.47. The molecule has 2 atom stereocenters. The van der Waals surface area contributed by atoms with E-state index in [0.717, 1.165) is 0 Å². The number of hydroxylamine groups is 2. The molecule has 10 nitrogen and oxygen atoms in total.